The van der Waals surface area contributed by atoms with Gasteiger partial charge in [0, 0.05) is 36.9 Å². The molecule has 190 valence electrons. The number of sulfonamides is 1. The van der Waals surface area contributed by atoms with Crippen molar-refractivity contribution in [1.82, 2.24) is 19.4 Å². The number of nitrogens with zero attached hydrogens (tertiary/aromatic N) is 4. The normalized spacial score (nSPS) is 19.0. The van der Waals surface area contributed by atoms with E-state index in [0.29, 0.717) is 38.9 Å². The molecule has 0 aliphatic carbocycles. The summed E-state index contributed by atoms with van der Waals surface area (Å²) >= 11 is 0. The van der Waals surface area contributed by atoms with Gasteiger partial charge < -0.3 is 15.1 Å². The third-order valence-corrected chi connectivity index (χ3v) is 8.25. The highest BCUT2D eigenvalue weighted by Crippen LogP contribution is 2.30. The van der Waals surface area contributed by atoms with Crippen molar-refractivity contribution in [3.8, 4) is 6.07 Å². The molecular formula is C26H31N5O4S. The summed E-state index contributed by atoms with van der Waals surface area (Å²) in [5, 5.41) is 13.7. The van der Waals surface area contributed by atoms with Crippen LogP contribution in [-0.4, -0.2) is 85.4 Å². The van der Waals surface area contributed by atoms with E-state index in [2.05, 4.69) is 35.0 Å². The number of likely N-dealkylation sites (tertiary alicyclic amines) is 2. The van der Waals surface area contributed by atoms with Crippen molar-refractivity contribution >= 4 is 38.3 Å². The molecule has 2 aromatic carbocycles. The van der Waals surface area contributed by atoms with E-state index in [1.165, 1.54) is 9.21 Å². The number of hydrogen-bond acceptors (Lipinski definition) is 6. The predicted octanol–water partition coefficient (Wildman–Crippen LogP) is 1.78. The van der Waals surface area contributed by atoms with Gasteiger partial charge in [0.1, 0.15) is 12.6 Å². The Labute approximate surface area is 212 Å². The zero-order valence-electron chi connectivity index (χ0n) is 20.4. The van der Waals surface area contributed by atoms with Crippen LogP contribution in [0.2, 0.25) is 0 Å². The van der Waals surface area contributed by atoms with Crippen molar-refractivity contribution < 1.29 is 18.0 Å². The van der Waals surface area contributed by atoms with Gasteiger partial charge in [0.25, 0.3) is 0 Å². The van der Waals surface area contributed by atoms with Crippen molar-refractivity contribution in [2.75, 3.05) is 39.0 Å². The molecule has 0 saturated carbocycles. The summed E-state index contributed by atoms with van der Waals surface area (Å²) in [5.41, 5.74) is 1.95. The SMILES string of the molecule is C=C(c1cccc2ccccc12)N1CCC(N(CC(=O)N[C@H]2CCN(CC#N)C2=O)S(C)(=O)=O)CC1. The second-order valence-corrected chi connectivity index (χ2v) is 11.3. The van der Waals surface area contributed by atoms with Gasteiger partial charge in [0.15, 0.2) is 0 Å². The van der Waals surface area contributed by atoms with E-state index >= 15 is 0 Å². The van der Waals surface area contributed by atoms with E-state index in [1.54, 1.807) is 0 Å². The average molecular weight is 510 g/mol. The Hall–Kier alpha value is -3.42. The molecule has 9 nitrogen and oxygen atoms in total. The first-order valence-electron chi connectivity index (χ1n) is 12.0. The van der Waals surface area contributed by atoms with E-state index in [0.717, 1.165) is 28.3 Å². The lowest BCUT2D eigenvalue weighted by molar-refractivity contribution is -0.132. The molecule has 0 unspecified atom stereocenters. The third-order valence-electron chi connectivity index (χ3n) is 6.97. The average Bonchev–Trinajstić information content (AvgIpc) is 3.20. The maximum absolute atomic E-state index is 12.7. The third kappa shape index (κ3) is 5.53. The molecule has 1 atom stereocenters. The number of amides is 2. The van der Waals surface area contributed by atoms with Gasteiger partial charge in [-0.05, 0) is 30.0 Å². The Kier molecular flexibility index (Phi) is 7.62. The highest BCUT2D eigenvalue weighted by atomic mass is 32.2. The van der Waals surface area contributed by atoms with Crippen LogP contribution in [0, 0.1) is 11.3 Å². The second-order valence-electron chi connectivity index (χ2n) is 9.33. The number of piperidine rings is 1. The van der Waals surface area contributed by atoms with Gasteiger partial charge in [-0.3, -0.25) is 9.59 Å². The van der Waals surface area contributed by atoms with Gasteiger partial charge in [0.05, 0.1) is 18.9 Å². The van der Waals surface area contributed by atoms with Gasteiger partial charge in [0.2, 0.25) is 21.8 Å². The number of carbonyl (C=O) groups is 2. The number of rotatable bonds is 8. The van der Waals surface area contributed by atoms with Crippen molar-refractivity contribution in [1.29, 1.82) is 5.26 Å². The maximum atomic E-state index is 12.7. The van der Waals surface area contributed by atoms with Crippen LogP contribution in [0.15, 0.2) is 49.0 Å². The number of hydrogen-bond donors (Lipinski definition) is 1. The van der Waals surface area contributed by atoms with Crippen LogP contribution in [0.25, 0.3) is 16.5 Å². The van der Waals surface area contributed by atoms with E-state index in [9.17, 15) is 18.0 Å². The summed E-state index contributed by atoms with van der Waals surface area (Å²) in [4.78, 5) is 28.6. The first-order chi connectivity index (χ1) is 17.2. The minimum absolute atomic E-state index is 0.0245. The van der Waals surface area contributed by atoms with Gasteiger partial charge >= 0.3 is 0 Å². The summed E-state index contributed by atoms with van der Waals surface area (Å²) in [6, 6.07) is 15.1. The standard InChI is InChI=1S/C26H31N5O4S/c1-19(22-9-5-7-20-6-3-4-8-23(20)22)29-14-10-21(11-15-29)31(36(2,34)35)18-25(32)28-24-12-16-30(17-13-27)26(24)33/h3-9,21,24H,1,10-12,14-18H2,2H3,(H,28,32)/t24-/m0/s1. The minimum atomic E-state index is -3.65. The Bertz CT molecular complexity index is 1310. The predicted molar refractivity (Wildman–Crippen MR) is 138 cm³/mol. The Morgan fingerprint density at radius 2 is 1.83 bits per heavy atom. The Balaban J connectivity index is 1.39. The van der Waals surface area contributed by atoms with E-state index in [1.807, 2.05) is 30.3 Å². The van der Waals surface area contributed by atoms with E-state index in [-0.39, 0.29) is 25.0 Å². The monoisotopic (exact) mass is 509 g/mol. The van der Waals surface area contributed by atoms with Crippen LogP contribution in [0.4, 0.5) is 0 Å². The zero-order chi connectivity index (χ0) is 25.9. The Morgan fingerprint density at radius 1 is 1.14 bits per heavy atom. The molecule has 2 heterocycles. The Morgan fingerprint density at radius 3 is 2.53 bits per heavy atom. The fourth-order valence-corrected chi connectivity index (χ4v) is 6.19. The summed E-state index contributed by atoms with van der Waals surface area (Å²) < 4.78 is 26.4. The lowest BCUT2D eigenvalue weighted by atomic mass is 9.99. The zero-order valence-corrected chi connectivity index (χ0v) is 21.2. The molecule has 4 rings (SSSR count). The van der Waals surface area contributed by atoms with Crippen LogP contribution in [0.3, 0.4) is 0 Å². The molecule has 0 spiro atoms. The van der Waals surface area contributed by atoms with Crippen molar-refractivity contribution in [2.45, 2.75) is 31.3 Å². The fraction of sp³-hybridized carbons (Fsp3) is 0.423. The largest absolute Gasteiger partial charge is 0.371 e. The second kappa shape index (κ2) is 10.7. The lowest BCUT2D eigenvalue weighted by Crippen LogP contribution is -2.52. The molecule has 2 saturated heterocycles. The van der Waals surface area contributed by atoms with Crippen LogP contribution in [-0.2, 0) is 19.6 Å². The summed E-state index contributed by atoms with van der Waals surface area (Å²) in [7, 11) is -3.65. The molecular weight excluding hydrogens is 478 g/mol. The van der Waals surface area contributed by atoms with Crippen molar-refractivity contribution in [2.24, 2.45) is 0 Å². The number of benzene rings is 2. The summed E-state index contributed by atoms with van der Waals surface area (Å²) in [6.07, 6.45) is 2.63. The van der Waals surface area contributed by atoms with E-state index in [4.69, 9.17) is 5.26 Å². The number of nitriles is 1. The van der Waals surface area contributed by atoms with Crippen molar-refractivity contribution in [3.05, 3.63) is 54.6 Å². The molecule has 36 heavy (non-hydrogen) atoms. The van der Waals surface area contributed by atoms with E-state index < -0.39 is 22.0 Å². The lowest BCUT2D eigenvalue weighted by Gasteiger charge is -2.39. The molecule has 2 aromatic rings. The van der Waals surface area contributed by atoms with Gasteiger partial charge in [-0.15, -0.1) is 0 Å². The highest BCUT2D eigenvalue weighted by Gasteiger charge is 2.35. The van der Waals surface area contributed by atoms with Gasteiger partial charge in [-0.1, -0.05) is 49.0 Å². The summed E-state index contributed by atoms with van der Waals surface area (Å²) in [5.74, 6) is -0.823. The molecule has 10 heteroatoms. The van der Waals surface area contributed by atoms with Gasteiger partial charge in [-0.2, -0.15) is 9.57 Å². The van der Waals surface area contributed by atoms with Crippen LogP contribution in [0.5, 0.6) is 0 Å². The molecule has 0 radical (unpaired) electrons. The summed E-state index contributed by atoms with van der Waals surface area (Å²) in [6.45, 7) is 5.59. The molecule has 0 bridgehead atoms. The van der Waals surface area contributed by atoms with Crippen LogP contribution < -0.4 is 5.32 Å². The smallest absolute Gasteiger partial charge is 0.246 e. The molecule has 0 aromatic heterocycles. The number of nitrogens with one attached hydrogen (secondary N) is 1. The van der Waals surface area contributed by atoms with Crippen LogP contribution >= 0.6 is 0 Å². The highest BCUT2D eigenvalue weighted by molar-refractivity contribution is 7.88. The number of fused-ring (bicyclic) bond motifs is 1. The first kappa shape index (κ1) is 25.7. The number of carbonyl (C=O) groups excluding carboxylic acids is 2. The van der Waals surface area contributed by atoms with Crippen molar-refractivity contribution in [3.63, 3.8) is 0 Å². The maximum Gasteiger partial charge on any atom is 0.246 e. The topological polar surface area (TPSA) is 114 Å². The molecule has 2 fully saturated rings. The molecule has 2 amide bonds. The molecule has 2 aliphatic heterocycles. The fourth-order valence-electron chi connectivity index (χ4n) is 5.09. The van der Waals surface area contributed by atoms with Crippen LogP contribution in [0.1, 0.15) is 24.8 Å². The van der Waals surface area contributed by atoms with Gasteiger partial charge in [-0.25, -0.2) is 8.42 Å². The minimum Gasteiger partial charge on any atom is -0.371 e. The first-order valence-corrected chi connectivity index (χ1v) is 13.9. The quantitative estimate of drug-likeness (QED) is 0.543. The molecule has 2 aliphatic rings. The molecule has 1 N–H and O–H groups in total.